The second-order valence-electron chi connectivity index (χ2n) is 7.82. The number of halogens is 1. The molecule has 2 aliphatic heterocycles. The lowest BCUT2D eigenvalue weighted by Gasteiger charge is -2.38. The number of amides is 2. The van der Waals surface area contributed by atoms with Crippen LogP contribution < -0.4 is 0 Å². The van der Waals surface area contributed by atoms with Gasteiger partial charge < -0.3 is 9.80 Å². The van der Waals surface area contributed by atoms with Crippen LogP contribution in [0.5, 0.6) is 0 Å². The Bertz CT molecular complexity index is 631. The van der Waals surface area contributed by atoms with Gasteiger partial charge in [-0.15, -0.1) is 0 Å². The molecule has 0 aliphatic carbocycles. The van der Waals surface area contributed by atoms with Gasteiger partial charge in [0.15, 0.2) is 0 Å². The molecule has 0 bridgehead atoms. The molecule has 2 saturated heterocycles. The third-order valence-corrected chi connectivity index (χ3v) is 5.86. The molecule has 0 aromatic heterocycles. The molecule has 26 heavy (non-hydrogen) atoms. The van der Waals surface area contributed by atoms with Crippen LogP contribution in [-0.2, 0) is 4.79 Å². The number of carbonyl (C=O) groups is 2. The van der Waals surface area contributed by atoms with Crippen molar-refractivity contribution < 1.29 is 9.59 Å². The first kappa shape index (κ1) is 19.4. The second-order valence-corrected chi connectivity index (χ2v) is 8.74. The minimum absolute atomic E-state index is 0.0714. The zero-order valence-electron chi connectivity index (χ0n) is 15.7. The summed E-state index contributed by atoms with van der Waals surface area (Å²) in [7, 11) is 0. The summed E-state index contributed by atoms with van der Waals surface area (Å²) in [5, 5.41) is 0. The lowest BCUT2D eigenvalue weighted by molar-refractivity contribution is -0.135. The third-order valence-electron chi connectivity index (χ3n) is 5.33. The highest BCUT2D eigenvalue weighted by atomic mass is 79.9. The van der Waals surface area contributed by atoms with Crippen LogP contribution in [0.15, 0.2) is 28.7 Å². The van der Waals surface area contributed by atoms with Gasteiger partial charge in [0.25, 0.3) is 5.91 Å². The van der Waals surface area contributed by atoms with Crippen LogP contribution in [0.2, 0.25) is 0 Å². The average molecular weight is 422 g/mol. The largest absolute Gasteiger partial charge is 0.341 e. The molecular weight excluding hydrogens is 394 g/mol. The average Bonchev–Trinajstić information content (AvgIpc) is 2.61. The molecule has 0 unspecified atom stereocenters. The highest BCUT2D eigenvalue weighted by molar-refractivity contribution is 9.10. The van der Waals surface area contributed by atoms with E-state index in [0.717, 1.165) is 30.7 Å². The molecule has 0 radical (unpaired) electrons. The van der Waals surface area contributed by atoms with Gasteiger partial charge in [0.2, 0.25) is 5.91 Å². The highest BCUT2D eigenvalue weighted by Crippen LogP contribution is 2.21. The number of hydrogen-bond donors (Lipinski definition) is 0. The van der Waals surface area contributed by atoms with Crippen LogP contribution in [0, 0.1) is 11.8 Å². The van der Waals surface area contributed by atoms with Crippen molar-refractivity contribution in [2.45, 2.75) is 20.3 Å². The Labute approximate surface area is 164 Å². The van der Waals surface area contributed by atoms with Crippen molar-refractivity contribution in [1.82, 2.24) is 14.7 Å². The van der Waals surface area contributed by atoms with Crippen LogP contribution in [0.1, 0.15) is 30.6 Å². The Morgan fingerprint density at radius 3 is 2.12 bits per heavy atom. The minimum Gasteiger partial charge on any atom is -0.341 e. The first-order valence-electron chi connectivity index (χ1n) is 9.47. The van der Waals surface area contributed by atoms with Gasteiger partial charge in [-0.05, 0) is 42.5 Å². The first-order chi connectivity index (χ1) is 12.4. The van der Waals surface area contributed by atoms with E-state index < -0.39 is 0 Å². The third kappa shape index (κ3) is 4.86. The fourth-order valence-corrected chi connectivity index (χ4v) is 4.31. The van der Waals surface area contributed by atoms with E-state index in [0.29, 0.717) is 37.0 Å². The summed E-state index contributed by atoms with van der Waals surface area (Å²) in [6.07, 6.45) is 1.21. The molecule has 2 fully saturated rings. The molecular formula is C20H28BrN3O2. The molecule has 2 aliphatic rings. The minimum atomic E-state index is 0.0714. The predicted molar refractivity (Wildman–Crippen MR) is 106 cm³/mol. The molecule has 6 heteroatoms. The summed E-state index contributed by atoms with van der Waals surface area (Å²) in [5.74, 6) is 1.48. The zero-order valence-corrected chi connectivity index (χ0v) is 17.2. The quantitative estimate of drug-likeness (QED) is 0.753. The maximum Gasteiger partial charge on any atom is 0.253 e. The molecule has 0 N–H and O–H groups in total. The van der Waals surface area contributed by atoms with Crippen LogP contribution in [0.3, 0.4) is 0 Å². The normalized spacial score (nSPS) is 24.6. The van der Waals surface area contributed by atoms with E-state index in [1.165, 1.54) is 6.42 Å². The number of rotatable bonds is 3. The van der Waals surface area contributed by atoms with Gasteiger partial charge in [-0.3, -0.25) is 14.5 Å². The van der Waals surface area contributed by atoms with Gasteiger partial charge in [0.05, 0.1) is 6.54 Å². The van der Waals surface area contributed by atoms with Gasteiger partial charge >= 0.3 is 0 Å². The predicted octanol–water partition coefficient (Wildman–Crippen LogP) is 2.71. The van der Waals surface area contributed by atoms with E-state index in [9.17, 15) is 9.59 Å². The monoisotopic (exact) mass is 421 g/mol. The molecule has 0 spiro atoms. The van der Waals surface area contributed by atoms with E-state index >= 15 is 0 Å². The number of likely N-dealkylation sites (tertiary alicyclic amines) is 1. The van der Waals surface area contributed by atoms with Gasteiger partial charge in [-0.1, -0.05) is 29.8 Å². The molecule has 1 aromatic rings. The van der Waals surface area contributed by atoms with Gasteiger partial charge in [-0.25, -0.2) is 0 Å². The van der Waals surface area contributed by atoms with Crippen LogP contribution in [0.4, 0.5) is 0 Å². The lowest BCUT2D eigenvalue weighted by Crippen LogP contribution is -2.53. The van der Waals surface area contributed by atoms with Crippen LogP contribution in [-0.4, -0.2) is 72.3 Å². The number of benzene rings is 1. The maximum absolute atomic E-state index is 12.6. The van der Waals surface area contributed by atoms with Crippen LogP contribution in [0.25, 0.3) is 0 Å². The Kier molecular flexibility index (Phi) is 6.35. The Morgan fingerprint density at radius 1 is 0.962 bits per heavy atom. The number of carbonyl (C=O) groups excluding carboxylic acids is 2. The van der Waals surface area contributed by atoms with Gasteiger partial charge in [-0.2, -0.15) is 0 Å². The summed E-state index contributed by atoms with van der Waals surface area (Å²) >= 11 is 3.39. The summed E-state index contributed by atoms with van der Waals surface area (Å²) < 4.78 is 0.971. The topological polar surface area (TPSA) is 43.9 Å². The molecule has 3 rings (SSSR count). The molecule has 2 heterocycles. The maximum atomic E-state index is 12.6. The van der Waals surface area contributed by atoms with E-state index in [1.54, 1.807) is 0 Å². The zero-order chi connectivity index (χ0) is 18.7. The Morgan fingerprint density at radius 2 is 1.54 bits per heavy atom. The standard InChI is InChI=1S/C20H28BrN3O2/c1-15-11-16(2)13-24(12-15)19(25)14-22-7-9-23(10-8-22)20(26)17-3-5-18(21)6-4-17/h3-6,15-16H,7-14H2,1-2H3/t15-,16-/m0/s1. The van der Waals surface area contributed by atoms with Crippen molar-refractivity contribution in [3.63, 3.8) is 0 Å². The molecule has 2 amide bonds. The molecule has 2 atom stereocenters. The lowest BCUT2D eigenvalue weighted by atomic mass is 9.92. The van der Waals surface area contributed by atoms with E-state index in [2.05, 4.69) is 34.7 Å². The summed E-state index contributed by atoms with van der Waals surface area (Å²) in [5.41, 5.74) is 0.717. The fraction of sp³-hybridized carbons (Fsp3) is 0.600. The van der Waals surface area contributed by atoms with Crippen molar-refractivity contribution in [3.05, 3.63) is 34.3 Å². The number of piperazine rings is 1. The van der Waals surface area contributed by atoms with E-state index in [1.807, 2.05) is 34.1 Å². The highest BCUT2D eigenvalue weighted by Gasteiger charge is 2.28. The Hall–Kier alpha value is -1.40. The van der Waals surface area contributed by atoms with Crippen molar-refractivity contribution >= 4 is 27.7 Å². The van der Waals surface area contributed by atoms with Crippen molar-refractivity contribution in [1.29, 1.82) is 0 Å². The number of hydrogen-bond acceptors (Lipinski definition) is 3. The van der Waals surface area contributed by atoms with Crippen molar-refractivity contribution in [2.24, 2.45) is 11.8 Å². The van der Waals surface area contributed by atoms with E-state index in [4.69, 9.17) is 0 Å². The van der Waals surface area contributed by atoms with Crippen molar-refractivity contribution in [2.75, 3.05) is 45.8 Å². The van der Waals surface area contributed by atoms with Crippen LogP contribution >= 0.6 is 15.9 Å². The van der Waals surface area contributed by atoms with Gasteiger partial charge in [0.1, 0.15) is 0 Å². The molecule has 142 valence electrons. The van der Waals surface area contributed by atoms with Gasteiger partial charge in [0, 0.05) is 49.3 Å². The summed E-state index contributed by atoms with van der Waals surface area (Å²) in [6.45, 7) is 9.55. The first-order valence-corrected chi connectivity index (χ1v) is 10.3. The Balaban J connectivity index is 1.48. The number of nitrogens with zero attached hydrogens (tertiary/aromatic N) is 3. The fourth-order valence-electron chi connectivity index (χ4n) is 4.04. The molecule has 1 aromatic carbocycles. The molecule has 5 nitrogen and oxygen atoms in total. The number of piperidine rings is 1. The molecule has 0 saturated carbocycles. The van der Waals surface area contributed by atoms with Crippen molar-refractivity contribution in [3.8, 4) is 0 Å². The summed E-state index contributed by atoms with van der Waals surface area (Å²) in [4.78, 5) is 31.3. The smallest absolute Gasteiger partial charge is 0.253 e. The SMILES string of the molecule is C[C@H]1C[C@H](C)CN(C(=O)CN2CCN(C(=O)c3ccc(Br)cc3)CC2)C1. The summed E-state index contributed by atoms with van der Waals surface area (Å²) in [6, 6.07) is 7.48. The van der Waals surface area contributed by atoms with E-state index in [-0.39, 0.29) is 11.8 Å². The second kappa shape index (κ2) is 8.53.